The van der Waals surface area contributed by atoms with Crippen LogP contribution in [0.3, 0.4) is 0 Å². The lowest BCUT2D eigenvalue weighted by molar-refractivity contribution is 0.0369. The van der Waals surface area contributed by atoms with E-state index in [-0.39, 0.29) is 11.8 Å². The van der Waals surface area contributed by atoms with Crippen molar-refractivity contribution in [3.05, 3.63) is 65.2 Å². The minimum absolute atomic E-state index is 0.330. The van der Waals surface area contributed by atoms with Crippen LogP contribution in [0.1, 0.15) is 26.3 Å². The van der Waals surface area contributed by atoms with Gasteiger partial charge in [0.15, 0.2) is 5.17 Å². The van der Waals surface area contributed by atoms with Crippen molar-refractivity contribution < 1.29 is 9.59 Å². The number of thioether (sulfide) groups is 1. The maximum Gasteiger partial charge on any atom is 0.280 e. The van der Waals surface area contributed by atoms with Crippen molar-refractivity contribution in [1.82, 2.24) is 10.0 Å². The third-order valence-electron chi connectivity index (χ3n) is 3.76. The molecule has 0 bridgehead atoms. The van der Waals surface area contributed by atoms with Gasteiger partial charge < -0.3 is 0 Å². The fourth-order valence-electron chi connectivity index (χ4n) is 2.59. The lowest BCUT2D eigenvalue weighted by Crippen LogP contribution is -2.46. The molecule has 0 saturated heterocycles. The van der Waals surface area contributed by atoms with Crippen LogP contribution in [0.5, 0.6) is 0 Å². The average molecular weight is 339 g/mol. The number of hydrazine groups is 1. The van der Waals surface area contributed by atoms with Gasteiger partial charge in [0.05, 0.1) is 16.8 Å². The summed E-state index contributed by atoms with van der Waals surface area (Å²) in [5.74, 6) is -0.659. The van der Waals surface area contributed by atoms with E-state index >= 15 is 0 Å². The lowest BCUT2D eigenvalue weighted by atomic mass is 10.1. The van der Waals surface area contributed by atoms with Crippen LogP contribution in [0, 0.1) is 6.92 Å². The fraction of sp³-hybridized carbons (Fsp3) is 0.167. The monoisotopic (exact) mass is 339 g/mol. The number of hydrogen-bond acceptors (Lipinski definition) is 4. The molecule has 6 heteroatoms. The van der Waals surface area contributed by atoms with Gasteiger partial charge in [0.25, 0.3) is 11.8 Å². The summed E-state index contributed by atoms with van der Waals surface area (Å²) in [5, 5.41) is 3.21. The van der Waals surface area contributed by atoms with Crippen molar-refractivity contribution in [3.8, 4) is 0 Å². The number of amides is 2. The molecule has 0 unspecified atom stereocenters. The quantitative estimate of drug-likeness (QED) is 0.477. The zero-order valence-corrected chi connectivity index (χ0v) is 14.5. The summed E-state index contributed by atoms with van der Waals surface area (Å²) in [4.78, 5) is 29.7. The molecular weight excluding hydrogens is 322 g/mol. The molecular formula is C18H17N3O2S. The van der Waals surface area contributed by atoms with Crippen LogP contribution < -0.4 is 0 Å². The molecule has 0 aliphatic carbocycles. The second-order valence-corrected chi connectivity index (χ2v) is 6.20. The van der Waals surface area contributed by atoms with Gasteiger partial charge in [-0.2, -0.15) is 5.01 Å². The molecule has 24 heavy (non-hydrogen) atoms. The van der Waals surface area contributed by atoms with E-state index in [0.717, 1.165) is 16.3 Å². The van der Waals surface area contributed by atoms with Crippen molar-refractivity contribution >= 4 is 34.4 Å². The van der Waals surface area contributed by atoms with Crippen molar-refractivity contribution in [2.75, 3.05) is 13.3 Å². The molecule has 0 fully saturated rings. The Morgan fingerprint density at radius 3 is 2.21 bits per heavy atom. The molecule has 0 atom stereocenters. The van der Waals surface area contributed by atoms with E-state index in [1.54, 1.807) is 31.3 Å². The molecule has 1 aliphatic rings. The number of rotatable bonds is 2. The zero-order chi connectivity index (χ0) is 17.3. The van der Waals surface area contributed by atoms with E-state index in [1.165, 1.54) is 16.8 Å². The highest BCUT2D eigenvalue weighted by Crippen LogP contribution is 2.26. The van der Waals surface area contributed by atoms with Crippen molar-refractivity contribution in [3.63, 3.8) is 0 Å². The van der Waals surface area contributed by atoms with E-state index in [4.69, 9.17) is 0 Å². The number of aryl methyl sites for hydroxylation is 1. The number of benzene rings is 2. The molecule has 5 nitrogen and oxygen atoms in total. The maximum atomic E-state index is 12.6. The summed E-state index contributed by atoms with van der Waals surface area (Å²) in [5.41, 5.74) is 2.72. The summed E-state index contributed by atoms with van der Waals surface area (Å²) in [6, 6.07) is 14.6. The minimum Gasteiger partial charge on any atom is -0.267 e. The van der Waals surface area contributed by atoms with E-state index in [2.05, 4.69) is 4.99 Å². The number of imide groups is 1. The van der Waals surface area contributed by atoms with Crippen LogP contribution in [-0.2, 0) is 0 Å². The van der Waals surface area contributed by atoms with Gasteiger partial charge in [-0.25, -0.2) is 4.99 Å². The number of aliphatic imine (C=N–C) groups is 1. The molecule has 0 saturated carbocycles. The van der Waals surface area contributed by atoms with Gasteiger partial charge in [0.1, 0.15) is 0 Å². The van der Waals surface area contributed by atoms with Gasteiger partial charge in [-0.1, -0.05) is 36.0 Å². The number of carbonyl (C=O) groups is 2. The predicted octanol–water partition coefficient (Wildman–Crippen LogP) is 3.49. The number of carbonyl (C=O) groups excluding carboxylic acids is 2. The molecule has 2 aromatic rings. The zero-order valence-electron chi connectivity index (χ0n) is 13.7. The van der Waals surface area contributed by atoms with Gasteiger partial charge in [0.2, 0.25) is 0 Å². The molecule has 0 spiro atoms. The Balaban J connectivity index is 1.94. The standard InChI is InChI=1S/C18H17N3O2S/c1-12-7-6-8-13(11-12)19-18(24-3)20(2)21-16(22)14-9-4-5-10-15(14)17(21)23/h4-11H,1-3H3. The first kappa shape index (κ1) is 16.3. The Morgan fingerprint density at radius 2 is 1.67 bits per heavy atom. The molecule has 0 aromatic heterocycles. The third-order valence-corrected chi connectivity index (χ3v) is 4.48. The Labute approximate surface area is 145 Å². The molecule has 1 aliphatic heterocycles. The molecule has 1 heterocycles. The van der Waals surface area contributed by atoms with E-state index in [0.29, 0.717) is 16.3 Å². The largest absolute Gasteiger partial charge is 0.280 e. The second-order valence-electron chi connectivity index (χ2n) is 5.43. The number of nitrogens with zero attached hydrogens (tertiary/aromatic N) is 3. The highest BCUT2D eigenvalue weighted by atomic mass is 32.2. The summed E-state index contributed by atoms with van der Waals surface area (Å²) >= 11 is 1.38. The predicted molar refractivity (Wildman–Crippen MR) is 96.5 cm³/mol. The normalized spacial score (nSPS) is 14.1. The lowest BCUT2D eigenvalue weighted by Gasteiger charge is -2.27. The van der Waals surface area contributed by atoms with Crippen LogP contribution in [0.4, 0.5) is 5.69 Å². The highest BCUT2D eigenvalue weighted by molar-refractivity contribution is 8.13. The first-order valence-electron chi connectivity index (χ1n) is 7.43. The van der Waals surface area contributed by atoms with Crippen molar-refractivity contribution in [1.29, 1.82) is 0 Å². The van der Waals surface area contributed by atoms with Crippen LogP contribution in [0.25, 0.3) is 0 Å². The molecule has 2 amide bonds. The SMILES string of the molecule is CSC(=Nc1cccc(C)c1)N(C)N1C(=O)c2ccccc2C1=O. The third kappa shape index (κ3) is 2.80. The Bertz CT molecular complexity index is 813. The average Bonchev–Trinajstić information content (AvgIpc) is 2.84. The van der Waals surface area contributed by atoms with Gasteiger partial charge in [-0.05, 0) is 43.0 Å². The molecule has 0 radical (unpaired) electrons. The van der Waals surface area contributed by atoms with Crippen LogP contribution in [0.2, 0.25) is 0 Å². The summed E-state index contributed by atoms with van der Waals surface area (Å²) in [7, 11) is 1.67. The first-order chi connectivity index (χ1) is 11.5. The van der Waals surface area contributed by atoms with Crippen LogP contribution >= 0.6 is 11.8 Å². The topological polar surface area (TPSA) is 53.0 Å². The van der Waals surface area contributed by atoms with Gasteiger partial charge >= 0.3 is 0 Å². The first-order valence-corrected chi connectivity index (χ1v) is 8.66. The number of fused-ring (bicyclic) bond motifs is 1. The second kappa shape index (κ2) is 6.49. The molecule has 3 rings (SSSR count). The van der Waals surface area contributed by atoms with Gasteiger partial charge in [0, 0.05) is 7.05 Å². The Morgan fingerprint density at radius 1 is 1.04 bits per heavy atom. The molecule has 2 aromatic carbocycles. The Hall–Kier alpha value is -2.60. The van der Waals surface area contributed by atoms with E-state index in [9.17, 15) is 9.59 Å². The molecule has 0 N–H and O–H groups in total. The highest BCUT2D eigenvalue weighted by Gasteiger charge is 2.39. The smallest absolute Gasteiger partial charge is 0.267 e. The molecule has 122 valence electrons. The van der Waals surface area contributed by atoms with E-state index in [1.807, 2.05) is 37.4 Å². The number of hydrogen-bond donors (Lipinski definition) is 0. The van der Waals surface area contributed by atoms with E-state index < -0.39 is 0 Å². The fourth-order valence-corrected chi connectivity index (χ4v) is 3.14. The summed E-state index contributed by atoms with van der Waals surface area (Å²) in [6.45, 7) is 1.99. The maximum absolute atomic E-state index is 12.6. The van der Waals surface area contributed by atoms with Gasteiger partial charge in [-0.3, -0.25) is 14.6 Å². The minimum atomic E-state index is -0.330. The summed E-state index contributed by atoms with van der Waals surface area (Å²) in [6.07, 6.45) is 1.86. The van der Waals surface area contributed by atoms with Crippen molar-refractivity contribution in [2.45, 2.75) is 6.92 Å². The van der Waals surface area contributed by atoms with Crippen LogP contribution in [-0.4, -0.2) is 40.3 Å². The Kier molecular flexibility index (Phi) is 4.40. The van der Waals surface area contributed by atoms with Gasteiger partial charge in [-0.15, -0.1) is 0 Å². The van der Waals surface area contributed by atoms with Crippen LogP contribution in [0.15, 0.2) is 53.5 Å². The van der Waals surface area contributed by atoms with Crippen molar-refractivity contribution in [2.24, 2.45) is 4.99 Å². The number of amidine groups is 1. The summed E-state index contributed by atoms with van der Waals surface area (Å²) < 4.78 is 0.